The molecule has 0 aliphatic heterocycles. The largest absolute Gasteiger partial charge is 0.489 e. The Balaban J connectivity index is 1.63. The van der Waals surface area contributed by atoms with Crippen LogP contribution < -0.4 is 4.74 Å². The van der Waals surface area contributed by atoms with E-state index < -0.39 is 0 Å². The molecule has 0 amide bonds. The zero-order valence-corrected chi connectivity index (χ0v) is 23.4. The lowest BCUT2D eigenvalue weighted by Gasteiger charge is -2.21. The Labute approximate surface area is 236 Å². The number of likely N-dealkylation sites (N-methyl/N-ethyl adjacent to an activating group) is 1. The summed E-state index contributed by atoms with van der Waals surface area (Å²) in [4.78, 5) is 15.8. The first-order valence-corrected chi connectivity index (χ1v) is 13.8. The van der Waals surface area contributed by atoms with Crippen molar-refractivity contribution in [2.75, 3.05) is 27.2 Å². The van der Waals surface area contributed by atoms with Gasteiger partial charge in [-0.1, -0.05) is 91.0 Å². The first-order valence-electron chi connectivity index (χ1n) is 13.8. The van der Waals surface area contributed by atoms with E-state index in [1.165, 1.54) is 0 Å². The molecule has 204 valence electrons. The van der Waals surface area contributed by atoms with Crippen molar-refractivity contribution in [2.45, 2.75) is 26.0 Å². The van der Waals surface area contributed by atoms with Crippen LogP contribution in [0.15, 0.2) is 109 Å². The Kier molecular flexibility index (Phi) is 8.62. The SMILES string of the molecule is CCOC(=O)c1c(C(c2ccccc2)c2ccc(OCc3ccccc3)cc2)c2ccccc2n1CCN(C)C. The van der Waals surface area contributed by atoms with E-state index in [0.29, 0.717) is 25.5 Å². The Hall–Kier alpha value is -4.35. The summed E-state index contributed by atoms with van der Waals surface area (Å²) in [5.41, 5.74) is 5.94. The standard InChI is InChI=1S/C35H36N2O3/c1-4-39-35(38)34-33(30-17-11-12-18-31(30)37(34)24-23-36(2)3)32(27-15-9-6-10-16-27)28-19-21-29(22-20-28)40-25-26-13-7-5-8-14-26/h5-22,32H,4,23-25H2,1-3H3. The average molecular weight is 533 g/mol. The molecule has 5 nitrogen and oxygen atoms in total. The summed E-state index contributed by atoms with van der Waals surface area (Å²) in [6.07, 6.45) is 0. The molecule has 1 aromatic heterocycles. The number of ether oxygens (including phenoxy) is 2. The molecule has 0 aliphatic carbocycles. The minimum atomic E-state index is -0.295. The number of rotatable bonds is 11. The lowest BCUT2D eigenvalue weighted by Crippen LogP contribution is -2.22. The average Bonchev–Trinajstić information content (AvgIpc) is 3.31. The van der Waals surface area contributed by atoms with Gasteiger partial charge < -0.3 is 18.9 Å². The molecular formula is C35H36N2O3. The monoisotopic (exact) mass is 532 g/mol. The molecule has 1 atom stereocenters. The number of carbonyl (C=O) groups is 1. The molecule has 0 saturated carbocycles. The van der Waals surface area contributed by atoms with E-state index in [4.69, 9.17) is 9.47 Å². The van der Waals surface area contributed by atoms with Gasteiger partial charge >= 0.3 is 5.97 Å². The highest BCUT2D eigenvalue weighted by Gasteiger charge is 2.31. The van der Waals surface area contributed by atoms with Gasteiger partial charge in [-0.05, 0) is 55.9 Å². The van der Waals surface area contributed by atoms with Crippen LogP contribution in [0, 0.1) is 0 Å². The summed E-state index contributed by atoms with van der Waals surface area (Å²) in [7, 11) is 4.09. The van der Waals surface area contributed by atoms with Gasteiger partial charge in [0.15, 0.2) is 0 Å². The molecule has 0 spiro atoms. The van der Waals surface area contributed by atoms with Crippen molar-refractivity contribution in [3.05, 3.63) is 137 Å². The second kappa shape index (κ2) is 12.7. The molecule has 5 aromatic rings. The lowest BCUT2D eigenvalue weighted by molar-refractivity contribution is 0.0512. The van der Waals surface area contributed by atoms with Crippen LogP contribution in [0.4, 0.5) is 0 Å². The van der Waals surface area contributed by atoms with Crippen LogP contribution in [0.3, 0.4) is 0 Å². The smallest absolute Gasteiger partial charge is 0.355 e. The van der Waals surface area contributed by atoms with Crippen LogP contribution in [-0.2, 0) is 17.9 Å². The highest BCUT2D eigenvalue weighted by molar-refractivity contribution is 6.00. The number of aromatic nitrogens is 1. The number of fused-ring (bicyclic) bond motifs is 1. The van der Waals surface area contributed by atoms with Gasteiger partial charge in [-0.15, -0.1) is 0 Å². The second-order valence-electron chi connectivity index (χ2n) is 10.1. The van der Waals surface area contributed by atoms with Crippen LogP contribution in [0.2, 0.25) is 0 Å². The number of hydrogen-bond acceptors (Lipinski definition) is 4. The van der Waals surface area contributed by atoms with Gasteiger partial charge in [-0.25, -0.2) is 4.79 Å². The van der Waals surface area contributed by atoms with E-state index in [1.807, 2.05) is 69.6 Å². The maximum Gasteiger partial charge on any atom is 0.355 e. The third-order valence-electron chi connectivity index (χ3n) is 7.13. The number of carbonyl (C=O) groups excluding carboxylic acids is 1. The van der Waals surface area contributed by atoms with Crippen molar-refractivity contribution in [1.82, 2.24) is 9.47 Å². The van der Waals surface area contributed by atoms with Crippen LogP contribution in [0.5, 0.6) is 5.75 Å². The second-order valence-corrected chi connectivity index (χ2v) is 10.1. The number of hydrogen-bond donors (Lipinski definition) is 0. The Morgan fingerprint density at radius 2 is 1.43 bits per heavy atom. The minimum absolute atomic E-state index is 0.172. The maximum atomic E-state index is 13.7. The van der Waals surface area contributed by atoms with Gasteiger partial charge in [0.25, 0.3) is 0 Å². The predicted octanol–water partition coefficient (Wildman–Crippen LogP) is 7.14. The van der Waals surface area contributed by atoms with Crippen molar-refractivity contribution in [3.63, 3.8) is 0 Å². The van der Waals surface area contributed by atoms with Gasteiger partial charge in [-0.2, -0.15) is 0 Å². The summed E-state index contributed by atoms with van der Waals surface area (Å²) >= 11 is 0. The molecular weight excluding hydrogens is 496 g/mol. The van der Waals surface area contributed by atoms with Gasteiger partial charge in [0, 0.05) is 35.5 Å². The van der Waals surface area contributed by atoms with Crippen LogP contribution in [-0.4, -0.2) is 42.7 Å². The molecule has 1 heterocycles. The highest BCUT2D eigenvalue weighted by Crippen LogP contribution is 2.41. The Morgan fingerprint density at radius 1 is 0.800 bits per heavy atom. The Morgan fingerprint density at radius 3 is 2.10 bits per heavy atom. The molecule has 5 heteroatoms. The molecule has 40 heavy (non-hydrogen) atoms. The highest BCUT2D eigenvalue weighted by atomic mass is 16.5. The summed E-state index contributed by atoms with van der Waals surface area (Å²) in [5.74, 6) is 0.337. The van der Waals surface area contributed by atoms with Crippen LogP contribution in [0.25, 0.3) is 10.9 Å². The lowest BCUT2D eigenvalue weighted by atomic mass is 9.83. The molecule has 4 aromatic carbocycles. The fourth-order valence-electron chi connectivity index (χ4n) is 5.24. The van der Waals surface area contributed by atoms with Gasteiger partial charge in [0.05, 0.1) is 6.61 Å². The zero-order chi connectivity index (χ0) is 27.9. The summed E-state index contributed by atoms with van der Waals surface area (Å²) in [6, 6.07) is 37.1. The van der Waals surface area contributed by atoms with E-state index in [1.54, 1.807) is 0 Å². The molecule has 0 N–H and O–H groups in total. The number of esters is 1. The molecule has 0 radical (unpaired) electrons. The summed E-state index contributed by atoms with van der Waals surface area (Å²) < 4.78 is 13.9. The van der Waals surface area contributed by atoms with E-state index in [2.05, 4.69) is 70.1 Å². The van der Waals surface area contributed by atoms with Gasteiger partial charge in [-0.3, -0.25) is 0 Å². The minimum Gasteiger partial charge on any atom is -0.489 e. The van der Waals surface area contributed by atoms with E-state index >= 15 is 0 Å². The maximum absolute atomic E-state index is 13.7. The fourth-order valence-corrected chi connectivity index (χ4v) is 5.24. The predicted molar refractivity (Wildman–Crippen MR) is 161 cm³/mol. The quantitative estimate of drug-likeness (QED) is 0.170. The van der Waals surface area contributed by atoms with Crippen molar-refractivity contribution in [2.24, 2.45) is 0 Å². The zero-order valence-electron chi connectivity index (χ0n) is 23.4. The van der Waals surface area contributed by atoms with Crippen molar-refractivity contribution < 1.29 is 14.3 Å². The normalized spacial score (nSPS) is 12.0. The number of nitrogens with zero attached hydrogens (tertiary/aromatic N) is 2. The van der Waals surface area contributed by atoms with Crippen molar-refractivity contribution >= 4 is 16.9 Å². The first kappa shape index (κ1) is 27.2. The number of benzene rings is 4. The fraction of sp³-hybridized carbons (Fsp3) is 0.229. The third-order valence-corrected chi connectivity index (χ3v) is 7.13. The van der Waals surface area contributed by atoms with E-state index in [0.717, 1.165) is 45.5 Å². The molecule has 1 unspecified atom stereocenters. The topological polar surface area (TPSA) is 43.7 Å². The molecule has 0 bridgehead atoms. The van der Waals surface area contributed by atoms with Crippen LogP contribution >= 0.6 is 0 Å². The molecule has 5 rings (SSSR count). The summed E-state index contributed by atoms with van der Waals surface area (Å²) in [6.45, 7) is 4.16. The molecule has 0 fully saturated rings. The van der Waals surface area contributed by atoms with Crippen molar-refractivity contribution in [1.29, 1.82) is 0 Å². The third kappa shape index (κ3) is 5.95. The Bertz CT molecular complexity index is 1540. The molecule has 0 aliphatic rings. The van der Waals surface area contributed by atoms with E-state index in [-0.39, 0.29) is 11.9 Å². The molecule has 0 saturated heterocycles. The van der Waals surface area contributed by atoms with Crippen molar-refractivity contribution in [3.8, 4) is 5.75 Å². The number of para-hydroxylation sites is 1. The van der Waals surface area contributed by atoms with Crippen LogP contribution in [0.1, 0.15) is 45.6 Å². The summed E-state index contributed by atoms with van der Waals surface area (Å²) in [5, 5.41) is 1.06. The first-order chi connectivity index (χ1) is 19.6. The van der Waals surface area contributed by atoms with Gasteiger partial charge in [0.1, 0.15) is 18.1 Å². The van der Waals surface area contributed by atoms with E-state index in [9.17, 15) is 4.79 Å². The van der Waals surface area contributed by atoms with Gasteiger partial charge in [0.2, 0.25) is 0 Å².